The fourth-order valence-electron chi connectivity index (χ4n) is 4.84. The Bertz CT molecular complexity index is 1010. The second-order valence-corrected chi connectivity index (χ2v) is 8.32. The fourth-order valence-corrected chi connectivity index (χ4v) is 4.84. The first-order valence-electron chi connectivity index (χ1n) is 10.8. The lowest BCUT2D eigenvalue weighted by molar-refractivity contribution is 0.0794. The number of ether oxygens (including phenoxy) is 1. The molecule has 2 aliphatic rings. The van der Waals surface area contributed by atoms with Crippen LogP contribution in [0.3, 0.4) is 0 Å². The summed E-state index contributed by atoms with van der Waals surface area (Å²) in [5.41, 5.74) is 2.10. The summed E-state index contributed by atoms with van der Waals surface area (Å²) in [7, 11) is 1.66. The predicted molar refractivity (Wildman–Crippen MR) is 114 cm³/mol. The molecule has 5 rings (SSSR count). The maximum atomic E-state index is 13.7. The molecule has 0 saturated carbocycles. The molecular formula is C23H27FN6O. The van der Waals surface area contributed by atoms with E-state index in [1.807, 2.05) is 41.1 Å². The monoisotopic (exact) mass is 422 g/mol. The van der Waals surface area contributed by atoms with Crippen molar-refractivity contribution in [3.63, 3.8) is 0 Å². The van der Waals surface area contributed by atoms with Crippen molar-refractivity contribution in [2.45, 2.75) is 31.5 Å². The predicted octanol–water partition coefficient (Wildman–Crippen LogP) is 2.74. The largest absolute Gasteiger partial charge is 0.497 e. The number of hydrogen-bond donors (Lipinski definition) is 0. The number of fused-ring (bicyclic) bond motifs is 1. The molecule has 3 aromatic rings. The van der Waals surface area contributed by atoms with E-state index >= 15 is 0 Å². The summed E-state index contributed by atoms with van der Waals surface area (Å²) in [6.45, 7) is 4.70. The quantitative estimate of drug-likeness (QED) is 0.609. The lowest BCUT2D eigenvalue weighted by Gasteiger charge is -2.41. The Labute approximate surface area is 181 Å². The molecule has 2 atom stereocenters. The molecule has 8 heteroatoms. The molecule has 0 spiro atoms. The van der Waals surface area contributed by atoms with Gasteiger partial charge in [0.1, 0.15) is 11.6 Å². The highest BCUT2D eigenvalue weighted by atomic mass is 19.1. The van der Waals surface area contributed by atoms with E-state index in [1.54, 1.807) is 7.11 Å². The van der Waals surface area contributed by atoms with Gasteiger partial charge in [-0.1, -0.05) is 24.3 Å². The molecule has 0 radical (unpaired) electrons. The molecule has 0 unspecified atom stereocenters. The molecule has 2 aliphatic heterocycles. The van der Waals surface area contributed by atoms with Crippen molar-refractivity contribution in [1.82, 2.24) is 30.0 Å². The van der Waals surface area contributed by atoms with E-state index in [9.17, 15) is 4.39 Å². The van der Waals surface area contributed by atoms with Crippen molar-refractivity contribution >= 4 is 0 Å². The molecule has 0 amide bonds. The van der Waals surface area contributed by atoms with Gasteiger partial charge < -0.3 is 4.74 Å². The van der Waals surface area contributed by atoms with Crippen molar-refractivity contribution in [3.8, 4) is 5.75 Å². The molecule has 1 aromatic heterocycles. The number of tetrazole rings is 1. The number of hydrogen-bond acceptors (Lipinski definition) is 6. The smallest absolute Gasteiger partial charge is 0.173 e. The summed E-state index contributed by atoms with van der Waals surface area (Å²) in [4.78, 5) is 5.04. The van der Waals surface area contributed by atoms with Crippen molar-refractivity contribution in [1.29, 1.82) is 0 Å². The van der Waals surface area contributed by atoms with E-state index in [-0.39, 0.29) is 11.9 Å². The average molecular weight is 423 g/mol. The van der Waals surface area contributed by atoms with Gasteiger partial charge in [-0.2, -0.15) is 0 Å². The van der Waals surface area contributed by atoms with Gasteiger partial charge in [0.15, 0.2) is 5.82 Å². The highest BCUT2D eigenvalue weighted by Gasteiger charge is 2.36. The van der Waals surface area contributed by atoms with Crippen molar-refractivity contribution < 1.29 is 9.13 Å². The molecule has 2 fully saturated rings. The molecule has 31 heavy (non-hydrogen) atoms. The van der Waals surface area contributed by atoms with Crippen LogP contribution in [0.15, 0.2) is 48.5 Å². The van der Waals surface area contributed by atoms with Crippen LogP contribution in [-0.2, 0) is 6.54 Å². The van der Waals surface area contributed by atoms with Crippen LogP contribution in [-0.4, -0.2) is 69.3 Å². The van der Waals surface area contributed by atoms with E-state index < -0.39 is 0 Å². The third-order valence-electron chi connectivity index (χ3n) is 6.47. The Kier molecular flexibility index (Phi) is 5.65. The SMILES string of the molecule is COc1ccc(Cn2nnnc2[C@@H](c2ccc(F)cc2)N2CCN3CCC[C@@H]3C2)cc1. The van der Waals surface area contributed by atoms with Gasteiger partial charge >= 0.3 is 0 Å². The minimum absolute atomic E-state index is 0.114. The lowest BCUT2D eigenvalue weighted by Crippen LogP contribution is -2.51. The number of nitrogens with zero attached hydrogens (tertiary/aromatic N) is 6. The number of piperazine rings is 1. The van der Waals surface area contributed by atoms with E-state index in [4.69, 9.17) is 4.74 Å². The number of methoxy groups -OCH3 is 1. The normalized spacial score (nSPS) is 20.5. The third-order valence-corrected chi connectivity index (χ3v) is 6.47. The standard InChI is InChI=1S/C23H27FN6O/c1-31-21-10-4-17(5-11-21)15-30-23(25-26-27-30)22(18-6-8-19(24)9-7-18)29-14-13-28-12-2-3-20(28)16-29/h4-11,20,22H,2-3,12-16H2,1H3/t20-,22-/m1/s1. The van der Waals surface area contributed by atoms with E-state index in [1.165, 1.54) is 31.5 Å². The minimum Gasteiger partial charge on any atom is -0.497 e. The molecule has 3 heterocycles. The molecule has 7 nitrogen and oxygen atoms in total. The van der Waals surface area contributed by atoms with Crippen LogP contribution in [0.25, 0.3) is 0 Å². The Hall–Kier alpha value is -2.84. The van der Waals surface area contributed by atoms with Crippen LogP contribution in [0.2, 0.25) is 0 Å². The topological polar surface area (TPSA) is 59.3 Å². The van der Waals surface area contributed by atoms with E-state index in [2.05, 4.69) is 25.3 Å². The number of aromatic nitrogens is 4. The third kappa shape index (κ3) is 4.18. The Morgan fingerprint density at radius 2 is 1.87 bits per heavy atom. The maximum Gasteiger partial charge on any atom is 0.173 e. The van der Waals surface area contributed by atoms with E-state index in [0.717, 1.165) is 42.3 Å². The van der Waals surface area contributed by atoms with Crippen LogP contribution >= 0.6 is 0 Å². The Morgan fingerprint density at radius 1 is 1.06 bits per heavy atom. The Morgan fingerprint density at radius 3 is 2.65 bits per heavy atom. The zero-order valence-electron chi connectivity index (χ0n) is 17.7. The summed E-state index contributed by atoms with van der Waals surface area (Å²) in [5, 5.41) is 12.7. The molecule has 0 N–H and O–H groups in total. The first-order valence-corrected chi connectivity index (χ1v) is 10.8. The van der Waals surface area contributed by atoms with Gasteiger partial charge in [-0.25, -0.2) is 9.07 Å². The zero-order valence-corrected chi connectivity index (χ0v) is 17.7. The second-order valence-electron chi connectivity index (χ2n) is 8.32. The summed E-state index contributed by atoms with van der Waals surface area (Å²) < 4.78 is 20.8. The van der Waals surface area contributed by atoms with Crippen LogP contribution in [0.1, 0.15) is 35.8 Å². The number of benzene rings is 2. The van der Waals surface area contributed by atoms with Crippen LogP contribution < -0.4 is 4.74 Å². The molecule has 2 aromatic carbocycles. The van der Waals surface area contributed by atoms with Gasteiger partial charge in [0.25, 0.3) is 0 Å². The average Bonchev–Trinajstić information content (AvgIpc) is 3.45. The lowest BCUT2D eigenvalue weighted by atomic mass is 10.0. The summed E-state index contributed by atoms with van der Waals surface area (Å²) in [6.07, 6.45) is 2.48. The summed E-state index contributed by atoms with van der Waals surface area (Å²) >= 11 is 0. The number of halogens is 1. The van der Waals surface area contributed by atoms with E-state index in [0.29, 0.717) is 12.6 Å². The fraction of sp³-hybridized carbons (Fsp3) is 0.435. The van der Waals surface area contributed by atoms with Crippen molar-refractivity contribution in [2.75, 3.05) is 33.3 Å². The molecule has 0 bridgehead atoms. The van der Waals surface area contributed by atoms with Gasteiger partial charge in [-0.3, -0.25) is 9.80 Å². The molecule has 0 aliphatic carbocycles. The van der Waals surface area contributed by atoms with Gasteiger partial charge in [-0.05, 0) is 65.2 Å². The maximum absolute atomic E-state index is 13.7. The van der Waals surface area contributed by atoms with Gasteiger partial charge in [0.05, 0.1) is 19.7 Å². The highest BCUT2D eigenvalue weighted by molar-refractivity contribution is 5.29. The van der Waals surface area contributed by atoms with Crippen LogP contribution in [0, 0.1) is 5.82 Å². The van der Waals surface area contributed by atoms with Gasteiger partial charge in [-0.15, -0.1) is 5.10 Å². The highest BCUT2D eigenvalue weighted by Crippen LogP contribution is 2.32. The second kappa shape index (κ2) is 8.72. The van der Waals surface area contributed by atoms with Gasteiger partial charge in [0.2, 0.25) is 0 Å². The van der Waals surface area contributed by atoms with Crippen LogP contribution in [0.5, 0.6) is 5.75 Å². The first-order chi connectivity index (χ1) is 15.2. The molecular weight excluding hydrogens is 395 g/mol. The minimum atomic E-state index is -0.235. The first kappa shape index (κ1) is 20.1. The Balaban J connectivity index is 1.46. The summed E-state index contributed by atoms with van der Waals surface area (Å²) in [5.74, 6) is 1.37. The number of rotatable bonds is 6. The van der Waals surface area contributed by atoms with Crippen molar-refractivity contribution in [3.05, 3.63) is 71.3 Å². The van der Waals surface area contributed by atoms with Crippen LogP contribution in [0.4, 0.5) is 4.39 Å². The van der Waals surface area contributed by atoms with Crippen molar-refractivity contribution in [2.24, 2.45) is 0 Å². The molecule has 162 valence electrons. The van der Waals surface area contributed by atoms with Gasteiger partial charge in [0, 0.05) is 25.7 Å². The molecule has 2 saturated heterocycles. The zero-order chi connectivity index (χ0) is 21.2. The summed E-state index contributed by atoms with van der Waals surface area (Å²) in [6, 6.07) is 15.1.